The van der Waals surface area contributed by atoms with Crippen molar-refractivity contribution in [3.63, 3.8) is 0 Å². The molecule has 0 bridgehead atoms. The number of hydrogen-bond acceptors (Lipinski definition) is 4. The second kappa shape index (κ2) is 5.74. The summed E-state index contributed by atoms with van der Waals surface area (Å²) in [5.74, 6) is 0.781. The highest BCUT2D eigenvalue weighted by atomic mass is 35.5. The van der Waals surface area contributed by atoms with Crippen LogP contribution in [0.25, 0.3) is 0 Å². The van der Waals surface area contributed by atoms with Crippen molar-refractivity contribution in [3.05, 3.63) is 17.0 Å². The Morgan fingerprint density at radius 3 is 2.37 bits per heavy atom. The number of halogens is 1. The fraction of sp³-hybridized carbons (Fsp3) is 0.615. The van der Waals surface area contributed by atoms with Gasteiger partial charge < -0.3 is 11.1 Å². The maximum Gasteiger partial charge on any atom is 0.240 e. The van der Waals surface area contributed by atoms with E-state index in [1.54, 1.807) is 6.07 Å². The Labute approximate surface area is 119 Å². The van der Waals surface area contributed by atoms with Gasteiger partial charge in [0, 0.05) is 11.5 Å². The minimum absolute atomic E-state index is 0.0596. The van der Waals surface area contributed by atoms with Crippen molar-refractivity contribution in [2.45, 2.75) is 46.1 Å². The van der Waals surface area contributed by atoms with Crippen molar-refractivity contribution >= 4 is 23.3 Å². The predicted octanol–water partition coefficient (Wildman–Crippen LogP) is 2.35. The van der Waals surface area contributed by atoms with E-state index in [0.29, 0.717) is 16.8 Å². The SMILES string of the molecule is CC(C)C(Nc1cc(Cl)nc(C(C)(C)C)n1)C(N)=O. The van der Waals surface area contributed by atoms with Crippen molar-refractivity contribution in [2.75, 3.05) is 5.32 Å². The fourth-order valence-corrected chi connectivity index (χ4v) is 1.74. The van der Waals surface area contributed by atoms with Crippen LogP contribution in [0.5, 0.6) is 0 Å². The van der Waals surface area contributed by atoms with E-state index >= 15 is 0 Å². The van der Waals surface area contributed by atoms with Crippen molar-refractivity contribution in [2.24, 2.45) is 11.7 Å². The Morgan fingerprint density at radius 2 is 1.95 bits per heavy atom. The quantitative estimate of drug-likeness (QED) is 0.832. The Morgan fingerprint density at radius 1 is 1.37 bits per heavy atom. The van der Waals surface area contributed by atoms with E-state index in [1.165, 1.54) is 0 Å². The van der Waals surface area contributed by atoms with E-state index in [9.17, 15) is 4.79 Å². The summed E-state index contributed by atoms with van der Waals surface area (Å²) in [5.41, 5.74) is 5.15. The minimum Gasteiger partial charge on any atom is -0.368 e. The summed E-state index contributed by atoms with van der Waals surface area (Å²) < 4.78 is 0. The normalized spacial score (nSPS) is 13.4. The third-order valence-corrected chi connectivity index (χ3v) is 2.84. The summed E-state index contributed by atoms with van der Waals surface area (Å²) in [6, 6.07) is 1.11. The fourth-order valence-electron chi connectivity index (χ4n) is 1.55. The van der Waals surface area contributed by atoms with Crippen molar-refractivity contribution in [1.29, 1.82) is 0 Å². The first-order valence-corrected chi connectivity index (χ1v) is 6.60. The van der Waals surface area contributed by atoms with Gasteiger partial charge >= 0.3 is 0 Å². The van der Waals surface area contributed by atoms with Crippen molar-refractivity contribution < 1.29 is 4.79 Å². The Balaban J connectivity index is 3.08. The van der Waals surface area contributed by atoms with Crippen LogP contribution in [-0.4, -0.2) is 21.9 Å². The minimum atomic E-state index is -0.487. The highest BCUT2D eigenvalue weighted by Crippen LogP contribution is 2.23. The molecule has 106 valence electrons. The molecule has 1 rings (SSSR count). The first-order valence-electron chi connectivity index (χ1n) is 6.22. The molecule has 0 saturated carbocycles. The second-order valence-electron chi connectivity index (χ2n) is 5.92. The number of amides is 1. The predicted molar refractivity (Wildman–Crippen MR) is 77.2 cm³/mol. The average Bonchev–Trinajstić information content (AvgIpc) is 2.23. The summed E-state index contributed by atoms with van der Waals surface area (Å²) in [4.78, 5) is 20.0. The van der Waals surface area contributed by atoms with Gasteiger partial charge in [0.2, 0.25) is 5.91 Å². The Kier molecular flexibility index (Phi) is 4.74. The summed E-state index contributed by atoms with van der Waals surface area (Å²) in [6.45, 7) is 9.81. The molecule has 19 heavy (non-hydrogen) atoms. The van der Waals surface area contributed by atoms with E-state index in [4.69, 9.17) is 17.3 Å². The van der Waals surface area contributed by atoms with Gasteiger partial charge in [0.05, 0.1) is 0 Å². The molecule has 0 aliphatic rings. The lowest BCUT2D eigenvalue weighted by Gasteiger charge is -2.22. The number of nitrogens with zero attached hydrogens (tertiary/aromatic N) is 2. The molecule has 1 unspecified atom stereocenters. The molecule has 6 heteroatoms. The Hall–Kier alpha value is -1.36. The highest BCUT2D eigenvalue weighted by Gasteiger charge is 2.22. The van der Waals surface area contributed by atoms with Gasteiger partial charge in [-0.2, -0.15) is 0 Å². The molecule has 0 saturated heterocycles. The molecule has 0 radical (unpaired) electrons. The summed E-state index contributed by atoms with van der Waals surface area (Å²) in [5, 5.41) is 3.36. The molecule has 1 aromatic rings. The van der Waals surface area contributed by atoms with Crippen LogP contribution in [0, 0.1) is 5.92 Å². The van der Waals surface area contributed by atoms with Crippen LogP contribution in [0.15, 0.2) is 6.07 Å². The van der Waals surface area contributed by atoms with Crippen molar-refractivity contribution in [1.82, 2.24) is 9.97 Å². The van der Waals surface area contributed by atoms with Crippen LogP contribution in [0.3, 0.4) is 0 Å². The molecule has 0 aliphatic heterocycles. The van der Waals surface area contributed by atoms with Gasteiger partial charge in [0.25, 0.3) is 0 Å². The van der Waals surface area contributed by atoms with Crippen LogP contribution in [-0.2, 0) is 10.2 Å². The molecular formula is C13H21ClN4O. The van der Waals surface area contributed by atoms with E-state index < -0.39 is 11.9 Å². The molecule has 0 aliphatic carbocycles. The van der Waals surface area contributed by atoms with Crippen LogP contribution < -0.4 is 11.1 Å². The van der Waals surface area contributed by atoms with Gasteiger partial charge in [-0.1, -0.05) is 46.2 Å². The first kappa shape index (κ1) is 15.7. The molecule has 3 N–H and O–H groups in total. The Bertz CT molecular complexity index is 468. The molecule has 1 heterocycles. The first-order chi connectivity index (χ1) is 8.61. The third kappa shape index (κ3) is 4.35. The zero-order valence-corrected chi connectivity index (χ0v) is 12.7. The summed E-state index contributed by atoms with van der Waals surface area (Å²) in [7, 11) is 0. The molecule has 1 aromatic heterocycles. The topological polar surface area (TPSA) is 80.9 Å². The van der Waals surface area contributed by atoms with Gasteiger partial charge in [-0.25, -0.2) is 9.97 Å². The number of rotatable bonds is 4. The van der Waals surface area contributed by atoms with Gasteiger partial charge in [-0.15, -0.1) is 0 Å². The number of carbonyl (C=O) groups excluding carboxylic acids is 1. The maximum atomic E-state index is 11.4. The van der Waals surface area contributed by atoms with Crippen LogP contribution in [0.1, 0.15) is 40.4 Å². The number of nitrogens with one attached hydrogen (secondary N) is 1. The lowest BCUT2D eigenvalue weighted by molar-refractivity contribution is -0.119. The molecular weight excluding hydrogens is 264 g/mol. The standard InChI is InChI=1S/C13H21ClN4O/c1-7(2)10(11(15)19)17-9-6-8(14)16-12(18-9)13(3,4)5/h6-7,10H,1-5H3,(H2,15,19)(H,16,17,18). The second-order valence-corrected chi connectivity index (χ2v) is 6.31. The maximum absolute atomic E-state index is 11.4. The van der Waals surface area contributed by atoms with Gasteiger partial charge in [-0.3, -0.25) is 4.79 Å². The molecule has 1 amide bonds. The van der Waals surface area contributed by atoms with Crippen LogP contribution >= 0.6 is 11.6 Å². The zero-order valence-electron chi connectivity index (χ0n) is 12.0. The highest BCUT2D eigenvalue weighted by molar-refractivity contribution is 6.29. The molecule has 0 fully saturated rings. The monoisotopic (exact) mass is 284 g/mol. The van der Waals surface area contributed by atoms with E-state index in [0.717, 1.165) is 0 Å². The van der Waals surface area contributed by atoms with E-state index in [-0.39, 0.29) is 11.3 Å². The van der Waals surface area contributed by atoms with Gasteiger partial charge in [-0.05, 0) is 5.92 Å². The van der Waals surface area contributed by atoms with E-state index in [1.807, 2.05) is 34.6 Å². The van der Waals surface area contributed by atoms with Gasteiger partial charge in [0.15, 0.2) is 0 Å². The van der Waals surface area contributed by atoms with Crippen LogP contribution in [0.4, 0.5) is 5.82 Å². The largest absolute Gasteiger partial charge is 0.368 e. The number of primary amides is 1. The third-order valence-electron chi connectivity index (χ3n) is 2.64. The lowest BCUT2D eigenvalue weighted by atomic mass is 9.96. The lowest BCUT2D eigenvalue weighted by Crippen LogP contribution is -2.40. The molecule has 1 atom stereocenters. The zero-order chi connectivity index (χ0) is 14.8. The number of hydrogen-bond donors (Lipinski definition) is 2. The van der Waals surface area contributed by atoms with Crippen LogP contribution in [0.2, 0.25) is 5.15 Å². The van der Waals surface area contributed by atoms with Gasteiger partial charge in [0.1, 0.15) is 22.8 Å². The number of aromatic nitrogens is 2. The van der Waals surface area contributed by atoms with Crippen molar-refractivity contribution in [3.8, 4) is 0 Å². The summed E-state index contributed by atoms with van der Waals surface area (Å²) >= 11 is 5.99. The summed E-state index contributed by atoms with van der Waals surface area (Å²) in [6.07, 6.45) is 0. The van der Waals surface area contributed by atoms with E-state index in [2.05, 4.69) is 15.3 Å². The molecule has 0 aromatic carbocycles. The number of nitrogens with two attached hydrogens (primary N) is 1. The molecule has 0 spiro atoms. The smallest absolute Gasteiger partial charge is 0.240 e. The number of carbonyl (C=O) groups is 1. The number of anilines is 1. The average molecular weight is 285 g/mol. The molecule has 5 nitrogen and oxygen atoms in total.